The van der Waals surface area contributed by atoms with Crippen LogP contribution in [0.4, 0.5) is 18.9 Å². The van der Waals surface area contributed by atoms with Gasteiger partial charge in [0.2, 0.25) is 10.0 Å². The molecule has 0 saturated carbocycles. The van der Waals surface area contributed by atoms with E-state index in [2.05, 4.69) is 11.7 Å². The minimum atomic E-state index is -4.80. The van der Waals surface area contributed by atoms with Crippen molar-refractivity contribution in [3.05, 3.63) is 23.5 Å². The number of anilines is 1. The van der Waals surface area contributed by atoms with E-state index in [0.29, 0.717) is 6.42 Å². The zero-order valence-electron chi connectivity index (χ0n) is 10.5. The molecular weight excluding hydrogens is 319 g/mol. The highest BCUT2D eigenvalue weighted by Crippen LogP contribution is 2.38. The number of rotatable bonds is 6. The summed E-state index contributed by atoms with van der Waals surface area (Å²) in [7, 11) is -2.75. The number of hydrogen-bond donors (Lipinski definition) is 1. The quantitative estimate of drug-likeness (QED) is 0.644. The number of aromatic nitrogens is 2. The van der Waals surface area contributed by atoms with Crippen molar-refractivity contribution in [2.75, 3.05) is 10.5 Å². The van der Waals surface area contributed by atoms with Gasteiger partial charge in [-0.05, 0) is 12.8 Å². The van der Waals surface area contributed by atoms with Crippen molar-refractivity contribution in [3.8, 4) is 0 Å². The van der Waals surface area contributed by atoms with E-state index in [4.69, 9.17) is 11.6 Å². The Balaban J connectivity index is 3.06. The van der Waals surface area contributed by atoms with E-state index in [1.807, 2.05) is 4.72 Å². The summed E-state index contributed by atoms with van der Waals surface area (Å²) in [5.41, 5.74) is -2.11. The van der Waals surface area contributed by atoms with Crippen molar-refractivity contribution < 1.29 is 21.6 Å². The lowest BCUT2D eigenvalue weighted by Crippen LogP contribution is -2.19. The van der Waals surface area contributed by atoms with Crippen molar-refractivity contribution in [1.29, 1.82) is 0 Å². The number of nitrogens with zero attached hydrogens (tertiary/aromatic N) is 2. The molecule has 0 aliphatic rings. The van der Waals surface area contributed by atoms with Crippen LogP contribution < -0.4 is 4.72 Å². The second-order valence-electron chi connectivity index (χ2n) is 3.99. The van der Waals surface area contributed by atoms with E-state index in [-0.39, 0.29) is 12.2 Å². The van der Waals surface area contributed by atoms with Gasteiger partial charge in [0.15, 0.2) is 10.8 Å². The number of alkyl halides is 3. The molecule has 5 nitrogen and oxygen atoms in total. The highest BCUT2D eigenvalue weighted by Gasteiger charge is 2.40. The molecule has 0 bridgehead atoms. The molecule has 1 rings (SSSR count). The van der Waals surface area contributed by atoms with E-state index in [0.717, 1.165) is 4.68 Å². The molecule has 1 aromatic heterocycles. The maximum Gasteiger partial charge on any atom is 0.437 e. The van der Waals surface area contributed by atoms with Crippen LogP contribution in [0.1, 0.15) is 18.5 Å². The SMILES string of the molecule is C=CCCCS(=O)(=O)Nc1c(C(F)(F)F)nn(C)c1Cl. The summed E-state index contributed by atoms with van der Waals surface area (Å²) < 4.78 is 64.2. The van der Waals surface area contributed by atoms with Crippen LogP contribution >= 0.6 is 11.6 Å². The predicted molar refractivity (Wildman–Crippen MR) is 70.1 cm³/mol. The minimum Gasteiger partial charge on any atom is -0.278 e. The van der Waals surface area contributed by atoms with Crippen molar-refractivity contribution in [2.45, 2.75) is 19.0 Å². The van der Waals surface area contributed by atoms with Crippen LogP contribution in [0.15, 0.2) is 12.7 Å². The fourth-order valence-corrected chi connectivity index (χ4v) is 2.80. The highest BCUT2D eigenvalue weighted by atomic mass is 35.5. The Morgan fingerprint density at radius 1 is 1.50 bits per heavy atom. The second kappa shape index (κ2) is 6.04. The Bertz CT molecular complexity index is 596. The third kappa shape index (κ3) is 4.14. The number of aryl methyl sites for hydroxylation is 1. The Hall–Kier alpha value is -1.22. The molecule has 0 amide bonds. The topological polar surface area (TPSA) is 64.0 Å². The van der Waals surface area contributed by atoms with Gasteiger partial charge in [0, 0.05) is 7.05 Å². The van der Waals surface area contributed by atoms with E-state index in [1.54, 1.807) is 0 Å². The minimum absolute atomic E-state index is 0.248. The molecule has 0 aliphatic carbocycles. The van der Waals surface area contributed by atoms with Crippen molar-refractivity contribution in [3.63, 3.8) is 0 Å². The summed E-state index contributed by atoms with van der Waals surface area (Å²) >= 11 is 5.64. The molecule has 0 aromatic carbocycles. The molecule has 0 saturated heterocycles. The monoisotopic (exact) mass is 331 g/mol. The number of nitrogens with one attached hydrogen (secondary N) is 1. The summed E-state index contributed by atoms with van der Waals surface area (Å²) in [6, 6.07) is 0. The van der Waals surface area contributed by atoms with Gasteiger partial charge in [-0.1, -0.05) is 17.7 Å². The second-order valence-corrected chi connectivity index (χ2v) is 6.19. The maximum atomic E-state index is 12.7. The first-order valence-corrected chi connectivity index (χ1v) is 7.52. The summed E-state index contributed by atoms with van der Waals surface area (Å²) in [4.78, 5) is 0. The lowest BCUT2D eigenvalue weighted by Gasteiger charge is -2.09. The molecule has 10 heteroatoms. The fourth-order valence-electron chi connectivity index (χ4n) is 1.42. The van der Waals surface area contributed by atoms with Crippen LogP contribution in [0.25, 0.3) is 0 Å². The number of halogens is 4. The van der Waals surface area contributed by atoms with Gasteiger partial charge in [-0.25, -0.2) is 8.42 Å². The standard InChI is InChI=1S/C10H13ClF3N3O2S/c1-3-4-5-6-20(18,19)16-7-8(10(12,13)14)15-17(2)9(7)11/h3,16H,1,4-6H2,2H3. The van der Waals surface area contributed by atoms with Gasteiger partial charge in [0.1, 0.15) is 5.69 Å². The van der Waals surface area contributed by atoms with Crippen LogP contribution in [0.2, 0.25) is 5.15 Å². The molecule has 1 aromatic rings. The predicted octanol–water partition coefficient (Wildman–Crippen LogP) is 2.80. The molecule has 0 radical (unpaired) electrons. The summed E-state index contributed by atoms with van der Waals surface area (Å²) in [5.74, 6) is -0.332. The van der Waals surface area contributed by atoms with E-state index in [1.165, 1.54) is 13.1 Å². The van der Waals surface area contributed by atoms with Crippen molar-refractivity contribution in [1.82, 2.24) is 9.78 Å². The summed E-state index contributed by atoms with van der Waals surface area (Å²) in [6.45, 7) is 3.43. The number of unbranched alkanes of at least 4 members (excludes halogenated alkanes) is 1. The number of hydrogen-bond acceptors (Lipinski definition) is 3. The van der Waals surface area contributed by atoms with Crippen LogP contribution in [0, 0.1) is 0 Å². The van der Waals surface area contributed by atoms with Crippen LogP contribution in [-0.2, 0) is 23.2 Å². The van der Waals surface area contributed by atoms with Gasteiger partial charge in [-0.2, -0.15) is 18.3 Å². The summed E-state index contributed by atoms with van der Waals surface area (Å²) in [6.07, 6.45) is -2.59. The molecule has 1 N–H and O–H groups in total. The Labute approximate surface area is 119 Å². The smallest absolute Gasteiger partial charge is 0.278 e. The van der Waals surface area contributed by atoms with E-state index < -0.39 is 32.7 Å². The lowest BCUT2D eigenvalue weighted by molar-refractivity contribution is -0.140. The number of sulfonamides is 1. The molecule has 114 valence electrons. The van der Waals surface area contributed by atoms with Gasteiger partial charge in [-0.15, -0.1) is 6.58 Å². The summed E-state index contributed by atoms with van der Waals surface area (Å²) in [5, 5.41) is 2.75. The zero-order chi connectivity index (χ0) is 15.6. The largest absolute Gasteiger partial charge is 0.437 e. The van der Waals surface area contributed by atoms with Crippen LogP contribution in [0.5, 0.6) is 0 Å². The van der Waals surface area contributed by atoms with E-state index in [9.17, 15) is 21.6 Å². The Kier molecular flexibility index (Phi) is 5.09. The molecule has 20 heavy (non-hydrogen) atoms. The first kappa shape index (κ1) is 16.8. The third-order valence-corrected chi connectivity index (χ3v) is 4.10. The molecule has 0 unspecified atom stereocenters. The van der Waals surface area contributed by atoms with Crippen LogP contribution in [-0.4, -0.2) is 24.0 Å². The Morgan fingerprint density at radius 3 is 2.60 bits per heavy atom. The van der Waals surface area contributed by atoms with Gasteiger partial charge in [0.25, 0.3) is 0 Å². The average molecular weight is 332 g/mol. The van der Waals surface area contributed by atoms with E-state index >= 15 is 0 Å². The van der Waals surface area contributed by atoms with Crippen molar-refractivity contribution >= 4 is 27.3 Å². The zero-order valence-corrected chi connectivity index (χ0v) is 12.1. The first-order valence-electron chi connectivity index (χ1n) is 5.49. The average Bonchev–Trinajstić information content (AvgIpc) is 2.56. The molecule has 0 aliphatic heterocycles. The fraction of sp³-hybridized carbons (Fsp3) is 0.500. The number of allylic oxidation sites excluding steroid dienone is 1. The highest BCUT2D eigenvalue weighted by molar-refractivity contribution is 7.92. The third-order valence-electron chi connectivity index (χ3n) is 2.32. The molecule has 0 atom stereocenters. The molecule has 1 heterocycles. The van der Waals surface area contributed by atoms with Crippen molar-refractivity contribution in [2.24, 2.45) is 7.05 Å². The lowest BCUT2D eigenvalue weighted by atomic mass is 10.3. The first-order chi connectivity index (χ1) is 9.08. The van der Waals surface area contributed by atoms with Gasteiger partial charge in [-0.3, -0.25) is 9.40 Å². The molecule has 0 fully saturated rings. The van der Waals surface area contributed by atoms with Gasteiger partial charge in [0.05, 0.1) is 5.75 Å². The molecular formula is C10H13ClF3N3O2S. The molecule has 0 spiro atoms. The maximum absolute atomic E-state index is 12.7. The van der Waals surface area contributed by atoms with Gasteiger partial charge < -0.3 is 0 Å². The van der Waals surface area contributed by atoms with Crippen LogP contribution in [0.3, 0.4) is 0 Å². The Morgan fingerprint density at radius 2 is 2.10 bits per heavy atom. The van der Waals surface area contributed by atoms with Gasteiger partial charge >= 0.3 is 6.18 Å². The normalized spacial score (nSPS) is 12.4.